The smallest absolute Gasteiger partial charge is 0.239 e. The van der Waals surface area contributed by atoms with Crippen molar-refractivity contribution in [2.75, 3.05) is 19.3 Å². The van der Waals surface area contributed by atoms with Crippen LogP contribution < -0.4 is 11.3 Å². The molecule has 6 nitrogen and oxygen atoms in total. The number of hydrazine groups is 1. The molecule has 12 heavy (non-hydrogen) atoms. The molecule has 1 aliphatic heterocycles. The number of nitrogens with one attached hydrogen (secondary N) is 1. The van der Waals surface area contributed by atoms with Crippen LogP contribution in [0.15, 0.2) is 0 Å². The van der Waals surface area contributed by atoms with Gasteiger partial charge < -0.3 is 0 Å². The number of hydrogen-bond donors (Lipinski definition) is 2. The van der Waals surface area contributed by atoms with Gasteiger partial charge in [-0.1, -0.05) is 0 Å². The number of sulfonamides is 1. The number of hydrogen-bond acceptors (Lipinski definition) is 4. The van der Waals surface area contributed by atoms with Crippen LogP contribution in [0.4, 0.5) is 0 Å². The van der Waals surface area contributed by atoms with Crippen molar-refractivity contribution in [2.45, 2.75) is 0 Å². The van der Waals surface area contributed by atoms with E-state index < -0.39 is 10.0 Å². The predicted molar refractivity (Wildman–Crippen MR) is 42.2 cm³/mol. The van der Waals surface area contributed by atoms with E-state index in [0.717, 1.165) is 6.26 Å². The molecule has 0 aromatic heterocycles. The zero-order valence-electron chi connectivity index (χ0n) is 6.65. The second kappa shape index (κ2) is 3.00. The third-order valence-corrected chi connectivity index (χ3v) is 3.07. The van der Waals surface area contributed by atoms with Crippen molar-refractivity contribution in [1.29, 1.82) is 0 Å². The van der Waals surface area contributed by atoms with Crippen molar-refractivity contribution in [3.63, 3.8) is 0 Å². The second-order valence-electron chi connectivity index (χ2n) is 2.79. The Morgan fingerprint density at radius 2 is 2.08 bits per heavy atom. The molecular formula is C5H11N3O3S. The van der Waals surface area contributed by atoms with Crippen LogP contribution in [0.3, 0.4) is 0 Å². The summed E-state index contributed by atoms with van der Waals surface area (Å²) in [6, 6.07) is 0. The summed E-state index contributed by atoms with van der Waals surface area (Å²) >= 11 is 0. The highest BCUT2D eigenvalue weighted by Crippen LogP contribution is 2.17. The number of carbonyl (C=O) groups excluding carboxylic acids is 1. The number of nitrogens with zero attached hydrogens (tertiary/aromatic N) is 1. The molecule has 0 saturated carbocycles. The van der Waals surface area contributed by atoms with Gasteiger partial charge in [-0.05, 0) is 0 Å². The van der Waals surface area contributed by atoms with Gasteiger partial charge in [0.15, 0.2) is 0 Å². The maximum absolute atomic E-state index is 10.8. The van der Waals surface area contributed by atoms with E-state index in [0.29, 0.717) is 0 Å². The molecule has 0 unspecified atom stereocenters. The molecule has 3 N–H and O–H groups in total. The minimum atomic E-state index is -3.13. The van der Waals surface area contributed by atoms with Crippen molar-refractivity contribution < 1.29 is 13.2 Å². The van der Waals surface area contributed by atoms with Gasteiger partial charge in [0.1, 0.15) is 0 Å². The average molecular weight is 193 g/mol. The van der Waals surface area contributed by atoms with Crippen LogP contribution in [0.2, 0.25) is 0 Å². The molecular weight excluding hydrogens is 182 g/mol. The molecule has 1 amide bonds. The van der Waals surface area contributed by atoms with Crippen molar-refractivity contribution in [3.05, 3.63) is 0 Å². The lowest BCUT2D eigenvalue weighted by Gasteiger charge is -2.35. The quantitative estimate of drug-likeness (QED) is 0.297. The second-order valence-corrected chi connectivity index (χ2v) is 4.77. The van der Waals surface area contributed by atoms with Gasteiger partial charge in [-0.15, -0.1) is 0 Å². The Morgan fingerprint density at radius 3 is 2.42 bits per heavy atom. The lowest BCUT2D eigenvalue weighted by atomic mass is 10.0. The first-order valence-corrected chi connectivity index (χ1v) is 5.25. The number of carbonyl (C=O) groups is 1. The van der Waals surface area contributed by atoms with E-state index in [1.165, 1.54) is 4.31 Å². The third-order valence-electron chi connectivity index (χ3n) is 1.83. The van der Waals surface area contributed by atoms with Crippen LogP contribution in [0.1, 0.15) is 0 Å². The molecule has 0 bridgehead atoms. The van der Waals surface area contributed by atoms with E-state index in [1.807, 2.05) is 5.43 Å². The summed E-state index contributed by atoms with van der Waals surface area (Å²) in [5, 5.41) is 0. The minimum absolute atomic E-state index is 0.238. The summed E-state index contributed by atoms with van der Waals surface area (Å²) in [4.78, 5) is 10.8. The maximum Gasteiger partial charge on any atom is 0.239 e. The Bertz CT molecular complexity index is 280. The topological polar surface area (TPSA) is 92.5 Å². The first-order valence-electron chi connectivity index (χ1n) is 3.40. The molecule has 7 heteroatoms. The molecule has 70 valence electrons. The van der Waals surface area contributed by atoms with Gasteiger partial charge in [0.05, 0.1) is 12.2 Å². The Labute approximate surface area is 70.7 Å². The molecule has 1 heterocycles. The minimum Gasteiger partial charge on any atom is -0.294 e. The molecule has 0 aromatic carbocycles. The fraction of sp³-hybridized carbons (Fsp3) is 0.800. The lowest BCUT2D eigenvalue weighted by molar-refractivity contribution is -0.128. The van der Waals surface area contributed by atoms with Crippen LogP contribution in [-0.2, 0) is 14.8 Å². The number of nitrogens with two attached hydrogens (primary N) is 1. The summed E-state index contributed by atoms with van der Waals surface area (Å²) < 4.78 is 22.9. The van der Waals surface area contributed by atoms with Crippen LogP contribution in [0, 0.1) is 5.92 Å². The summed E-state index contributed by atoms with van der Waals surface area (Å²) in [6.45, 7) is 0.476. The molecule has 1 aliphatic rings. The SMILES string of the molecule is CS(=O)(=O)N1CC(C(=O)NN)C1. The molecule has 1 fully saturated rings. The molecule has 0 radical (unpaired) electrons. The van der Waals surface area contributed by atoms with Crippen molar-refractivity contribution in [3.8, 4) is 0 Å². The van der Waals surface area contributed by atoms with Gasteiger partial charge in [-0.2, -0.15) is 0 Å². The first kappa shape index (κ1) is 9.43. The van der Waals surface area contributed by atoms with E-state index in [2.05, 4.69) is 0 Å². The predicted octanol–water partition coefficient (Wildman–Crippen LogP) is -2.13. The fourth-order valence-electron chi connectivity index (χ4n) is 0.993. The van der Waals surface area contributed by atoms with Gasteiger partial charge in [0.2, 0.25) is 15.9 Å². The van der Waals surface area contributed by atoms with Gasteiger partial charge in [0.25, 0.3) is 0 Å². The van der Waals surface area contributed by atoms with Crippen molar-refractivity contribution in [1.82, 2.24) is 9.73 Å². The summed E-state index contributed by atoms with van der Waals surface area (Å²) in [5.74, 6) is 4.27. The average Bonchev–Trinajstić information content (AvgIpc) is 1.80. The zero-order chi connectivity index (χ0) is 9.35. The van der Waals surface area contributed by atoms with Gasteiger partial charge in [-0.25, -0.2) is 18.6 Å². The lowest BCUT2D eigenvalue weighted by Crippen LogP contribution is -2.56. The van der Waals surface area contributed by atoms with E-state index in [-0.39, 0.29) is 24.9 Å². The number of rotatable bonds is 2. The van der Waals surface area contributed by atoms with Crippen molar-refractivity contribution in [2.24, 2.45) is 11.8 Å². The molecule has 0 spiro atoms. The molecule has 1 rings (SSSR count). The third kappa shape index (κ3) is 1.74. The van der Waals surface area contributed by atoms with E-state index in [9.17, 15) is 13.2 Å². The highest BCUT2D eigenvalue weighted by molar-refractivity contribution is 7.88. The highest BCUT2D eigenvalue weighted by atomic mass is 32.2. The first-order chi connectivity index (χ1) is 5.45. The zero-order valence-corrected chi connectivity index (χ0v) is 7.47. The summed E-state index contributed by atoms with van der Waals surface area (Å²) in [6.07, 6.45) is 1.11. The van der Waals surface area contributed by atoms with E-state index in [4.69, 9.17) is 5.84 Å². The monoisotopic (exact) mass is 193 g/mol. The summed E-state index contributed by atoms with van der Waals surface area (Å²) in [5.41, 5.74) is 1.98. The fourth-order valence-corrected chi connectivity index (χ4v) is 1.89. The van der Waals surface area contributed by atoms with E-state index in [1.54, 1.807) is 0 Å². The Balaban J connectivity index is 2.44. The maximum atomic E-state index is 10.8. The largest absolute Gasteiger partial charge is 0.294 e. The highest BCUT2D eigenvalue weighted by Gasteiger charge is 2.37. The summed E-state index contributed by atoms with van der Waals surface area (Å²) in [7, 11) is -3.13. The molecule has 1 saturated heterocycles. The molecule has 0 aromatic rings. The van der Waals surface area contributed by atoms with Crippen LogP contribution >= 0.6 is 0 Å². The Morgan fingerprint density at radius 1 is 1.58 bits per heavy atom. The van der Waals surface area contributed by atoms with Gasteiger partial charge in [-0.3, -0.25) is 10.2 Å². The number of amides is 1. The Kier molecular flexibility index (Phi) is 2.36. The normalized spacial score (nSPS) is 20.2. The van der Waals surface area contributed by atoms with Gasteiger partial charge >= 0.3 is 0 Å². The molecule has 0 atom stereocenters. The van der Waals surface area contributed by atoms with Crippen molar-refractivity contribution >= 4 is 15.9 Å². The molecule has 0 aliphatic carbocycles. The van der Waals surface area contributed by atoms with E-state index >= 15 is 0 Å². The van der Waals surface area contributed by atoms with Crippen LogP contribution in [-0.4, -0.2) is 38.0 Å². The standard InChI is InChI=1S/C5H11N3O3S/c1-12(10,11)8-2-4(3-8)5(9)7-6/h4H,2-3,6H2,1H3,(H,7,9). The van der Waals surface area contributed by atoms with Gasteiger partial charge in [0, 0.05) is 13.1 Å². The Hall–Kier alpha value is -0.660. The van der Waals surface area contributed by atoms with Crippen LogP contribution in [0.25, 0.3) is 0 Å². The van der Waals surface area contributed by atoms with Crippen LogP contribution in [0.5, 0.6) is 0 Å².